The van der Waals surface area contributed by atoms with Crippen molar-refractivity contribution >= 4 is 23.2 Å². The molecule has 2 aromatic rings. The van der Waals surface area contributed by atoms with E-state index in [1.165, 1.54) is 12.8 Å². The number of rotatable bonds is 7. The molecule has 1 saturated carbocycles. The topological polar surface area (TPSA) is 70.2 Å². The SMILES string of the molecule is CCN(CC)c1ccc(NC(=O)c2cc(C)nc(NC3CCCC3)n2)cc1. The van der Waals surface area contributed by atoms with Gasteiger partial charge >= 0.3 is 0 Å². The average Bonchev–Trinajstić information content (AvgIpc) is 3.16. The van der Waals surface area contributed by atoms with Crippen LogP contribution in [0.1, 0.15) is 55.7 Å². The van der Waals surface area contributed by atoms with Crippen molar-refractivity contribution in [2.75, 3.05) is 28.6 Å². The molecule has 3 rings (SSSR count). The lowest BCUT2D eigenvalue weighted by Gasteiger charge is -2.21. The molecular formula is C21H29N5O. The lowest BCUT2D eigenvalue weighted by atomic mass is 10.2. The fourth-order valence-electron chi connectivity index (χ4n) is 3.54. The van der Waals surface area contributed by atoms with E-state index in [0.717, 1.165) is 43.0 Å². The zero-order valence-electron chi connectivity index (χ0n) is 16.5. The van der Waals surface area contributed by atoms with E-state index in [2.05, 4.69) is 39.3 Å². The highest BCUT2D eigenvalue weighted by molar-refractivity contribution is 6.03. The standard InChI is InChI=1S/C21H29N5O/c1-4-26(5-2)18-12-10-17(11-13-18)23-20(27)19-14-15(3)22-21(25-19)24-16-8-6-7-9-16/h10-14,16H,4-9H2,1-3H3,(H,23,27)(H,22,24,25). The maximum Gasteiger partial charge on any atom is 0.274 e. The van der Waals surface area contributed by atoms with Gasteiger partial charge < -0.3 is 15.5 Å². The molecule has 1 aliphatic carbocycles. The Hall–Kier alpha value is -2.63. The highest BCUT2D eigenvalue weighted by Gasteiger charge is 2.17. The Morgan fingerprint density at radius 1 is 1.11 bits per heavy atom. The van der Waals surface area contributed by atoms with Crippen molar-refractivity contribution < 1.29 is 4.79 Å². The van der Waals surface area contributed by atoms with Crippen molar-refractivity contribution in [3.05, 3.63) is 41.7 Å². The van der Waals surface area contributed by atoms with Crippen molar-refractivity contribution in [1.29, 1.82) is 0 Å². The van der Waals surface area contributed by atoms with Crippen LogP contribution < -0.4 is 15.5 Å². The van der Waals surface area contributed by atoms with E-state index in [1.54, 1.807) is 6.07 Å². The van der Waals surface area contributed by atoms with Gasteiger partial charge in [0.05, 0.1) is 0 Å². The van der Waals surface area contributed by atoms with Crippen molar-refractivity contribution in [1.82, 2.24) is 9.97 Å². The minimum Gasteiger partial charge on any atom is -0.372 e. The molecule has 1 aromatic heterocycles. The van der Waals surface area contributed by atoms with Gasteiger partial charge in [-0.3, -0.25) is 4.79 Å². The molecule has 2 N–H and O–H groups in total. The summed E-state index contributed by atoms with van der Waals surface area (Å²) in [4.78, 5) is 23.8. The van der Waals surface area contributed by atoms with Gasteiger partial charge in [-0.15, -0.1) is 0 Å². The van der Waals surface area contributed by atoms with Crippen molar-refractivity contribution in [3.8, 4) is 0 Å². The second-order valence-electron chi connectivity index (χ2n) is 7.02. The van der Waals surface area contributed by atoms with Crippen molar-refractivity contribution in [2.24, 2.45) is 0 Å². The lowest BCUT2D eigenvalue weighted by Crippen LogP contribution is -2.22. The van der Waals surface area contributed by atoms with Gasteiger partial charge in [-0.05, 0) is 63.9 Å². The van der Waals surface area contributed by atoms with E-state index < -0.39 is 0 Å². The number of hydrogen-bond acceptors (Lipinski definition) is 5. The number of carbonyl (C=O) groups excluding carboxylic acids is 1. The van der Waals surface area contributed by atoms with Gasteiger partial charge in [0.1, 0.15) is 5.69 Å². The van der Waals surface area contributed by atoms with Crippen LogP contribution in [0.3, 0.4) is 0 Å². The highest BCUT2D eigenvalue weighted by Crippen LogP contribution is 2.21. The summed E-state index contributed by atoms with van der Waals surface area (Å²) in [6, 6.07) is 10.0. The number of hydrogen-bond donors (Lipinski definition) is 2. The number of amides is 1. The molecule has 0 spiro atoms. The normalized spacial score (nSPS) is 14.2. The van der Waals surface area contributed by atoms with Crippen LogP contribution in [-0.4, -0.2) is 35.0 Å². The largest absolute Gasteiger partial charge is 0.372 e. The van der Waals surface area contributed by atoms with E-state index in [9.17, 15) is 4.79 Å². The van der Waals surface area contributed by atoms with Crippen molar-refractivity contribution in [2.45, 2.75) is 52.5 Å². The van der Waals surface area contributed by atoms with E-state index >= 15 is 0 Å². The molecule has 1 heterocycles. The summed E-state index contributed by atoms with van der Waals surface area (Å²) >= 11 is 0. The predicted octanol–water partition coefficient (Wildman–Crippen LogP) is 4.24. The second kappa shape index (κ2) is 8.84. The molecular weight excluding hydrogens is 338 g/mol. The first kappa shape index (κ1) is 19.1. The summed E-state index contributed by atoms with van der Waals surface area (Å²) < 4.78 is 0. The quantitative estimate of drug-likeness (QED) is 0.766. The number of nitrogens with one attached hydrogen (secondary N) is 2. The van der Waals surface area contributed by atoms with Crippen molar-refractivity contribution in [3.63, 3.8) is 0 Å². The van der Waals surface area contributed by atoms with E-state index in [0.29, 0.717) is 17.7 Å². The summed E-state index contributed by atoms with van der Waals surface area (Å²) in [6.45, 7) is 8.07. The van der Waals surface area contributed by atoms with E-state index in [-0.39, 0.29) is 5.91 Å². The third kappa shape index (κ3) is 4.96. The minimum atomic E-state index is -0.217. The molecule has 144 valence electrons. The number of carbonyl (C=O) groups is 1. The Balaban J connectivity index is 1.69. The van der Waals surface area contributed by atoms with Gasteiger partial charge in [-0.1, -0.05) is 12.8 Å². The molecule has 6 nitrogen and oxygen atoms in total. The van der Waals surface area contributed by atoms with Crippen LogP contribution in [0.2, 0.25) is 0 Å². The highest BCUT2D eigenvalue weighted by atomic mass is 16.1. The van der Waals surface area contributed by atoms with Crippen LogP contribution in [-0.2, 0) is 0 Å². The maximum absolute atomic E-state index is 12.6. The van der Waals surface area contributed by atoms with Crippen LogP contribution in [0.4, 0.5) is 17.3 Å². The first-order chi connectivity index (χ1) is 13.1. The summed E-state index contributed by atoms with van der Waals surface area (Å²) in [5.74, 6) is 0.328. The third-order valence-electron chi connectivity index (χ3n) is 5.03. The predicted molar refractivity (Wildman–Crippen MR) is 111 cm³/mol. The number of anilines is 3. The van der Waals surface area contributed by atoms with Gasteiger partial charge in [-0.25, -0.2) is 9.97 Å². The van der Waals surface area contributed by atoms with E-state index in [4.69, 9.17) is 0 Å². The molecule has 1 fully saturated rings. The first-order valence-electron chi connectivity index (χ1n) is 9.87. The van der Waals surface area contributed by atoms with Gasteiger partial charge in [0.2, 0.25) is 5.95 Å². The number of aromatic nitrogens is 2. The first-order valence-corrected chi connectivity index (χ1v) is 9.87. The molecule has 0 aliphatic heterocycles. The second-order valence-corrected chi connectivity index (χ2v) is 7.02. The molecule has 1 aliphatic rings. The molecule has 6 heteroatoms. The number of benzene rings is 1. The molecule has 0 radical (unpaired) electrons. The molecule has 27 heavy (non-hydrogen) atoms. The summed E-state index contributed by atoms with van der Waals surface area (Å²) in [5, 5.41) is 6.30. The van der Waals surface area contributed by atoms with Crippen LogP contribution in [0.25, 0.3) is 0 Å². The summed E-state index contributed by atoms with van der Waals surface area (Å²) in [6.07, 6.45) is 4.75. The smallest absolute Gasteiger partial charge is 0.274 e. The third-order valence-corrected chi connectivity index (χ3v) is 5.03. The zero-order chi connectivity index (χ0) is 19.2. The molecule has 0 saturated heterocycles. The Morgan fingerprint density at radius 2 is 1.78 bits per heavy atom. The van der Waals surface area contributed by atoms with Gasteiger partial charge in [-0.2, -0.15) is 0 Å². The lowest BCUT2D eigenvalue weighted by molar-refractivity contribution is 0.102. The maximum atomic E-state index is 12.6. The molecule has 1 amide bonds. The van der Waals surface area contributed by atoms with Gasteiger partial charge in [0.25, 0.3) is 5.91 Å². The van der Waals surface area contributed by atoms with Gasteiger partial charge in [0.15, 0.2) is 0 Å². The number of nitrogens with zero attached hydrogens (tertiary/aromatic N) is 3. The minimum absolute atomic E-state index is 0.217. The summed E-state index contributed by atoms with van der Waals surface area (Å²) in [5.41, 5.74) is 3.08. The monoisotopic (exact) mass is 367 g/mol. The fraction of sp³-hybridized carbons (Fsp3) is 0.476. The molecule has 1 aromatic carbocycles. The molecule has 0 unspecified atom stereocenters. The van der Waals surface area contributed by atoms with Crippen LogP contribution >= 0.6 is 0 Å². The Labute approximate surface area is 161 Å². The fourth-order valence-corrected chi connectivity index (χ4v) is 3.54. The molecule has 0 bridgehead atoms. The molecule has 0 atom stereocenters. The van der Waals surface area contributed by atoms with Crippen LogP contribution in [0.5, 0.6) is 0 Å². The Kier molecular flexibility index (Phi) is 6.27. The van der Waals surface area contributed by atoms with E-state index in [1.807, 2.05) is 31.2 Å². The van der Waals surface area contributed by atoms with Crippen LogP contribution in [0.15, 0.2) is 30.3 Å². The Morgan fingerprint density at radius 3 is 2.41 bits per heavy atom. The summed E-state index contributed by atoms with van der Waals surface area (Å²) in [7, 11) is 0. The van der Waals surface area contributed by atoms with Crippen LogP contribution in [0, 0.1) is 6.92 Å². The number of aryl methyl sites for hydroxylation is 1. The Bertz CT molecular complexity index is 765. The van der Waals surface area contributed by atoms with Gasteiger partial charge in [0, 0.05) is 36.2 Å². The average molecular weight is 367 g/mol. The zero-order valence-corrected chi connectivity index (χ0v) is 16.5.